The van der Waals surface area contributed by atoms with E-state index in [2.05, 4.69) is 36.8 Å². The van der Waals surface area contributed by atoms with Crippen LogP contribution in [-0.4, -0.2) is 54.2 Å². The van der Waals surface area contributed by atoms with E-state index in [1.165, 1.54) is 5.70 Å². The normalized spacial score (nSPS) is 22.4. The second kappa shape index (κ2) is 5.37. The van der Waals surface area contributed by atoms with Gasteiger partial charge in [-0.3, -0.25) is 4.90 Å². The van der Waals surface area contributed by atoms with Crippen molar-refractivity contribution in [3.05, 3.63) is 11.8 Å². The van der Waals surface area contributed by atoms with Gasteiger partial charge in [0, 0.05) is 45.0 Å². The van der Waals surface area contributed by atoms with Crippen LogP contribution in [0.3, 0.4) is 0 Å². The fourth-order valence-electron chi connectivity index (χ4n) is 1.72. The zero-order chi connectivity index (χ0) is 10.6. The van der Waals surface area contributed by atoms with Crippen LogP contribution in [0.25, 0.3) is 0 Å². The largest absolute Gasteiger partial charge is 0.396 e. The first-order valence-electron chi connectivity index (χ1n) is 5.40. The minimum Gasteiger partial charge on any atom is -0.396 e. The Morgan fingerprint density at radius 1 is 1.43 bits per heavy atom. The summed E-state index contributed by atoms with van der Waals surface area (Å²) < 4.78 is 0. The minimum absolute atomic E-state index is 0.249. The number of aliphatic hydroxyl groups excluding tert-OH is 1. The summed E-state index contributed by atoms with van der Waals surface area (Å²) in [6.45, 7) is 7.97. The number of hydrogen-bond acceptors (Lipinski definition) is 3. The second-order valence-corrected chi connectivity index (χ2v) is 4.19. The van der Waals surface area contributed by atoms with Crippen molar-refractivity contribution in [1.29, 1.82) is 0 Å². The van der Waals surface area contributed by atoms with Crippen molar-refractivity contribution in [1.82, 2.24) is 9.80 Å². The number of likely N-dealkylation sites (N-methyl/N-ethyl adjacent to an activating group) is 1. The molecular formula is C11H22N2O. The molecule has 1 heterocycles. The topological polar surface area (TPSA) is 26.7 Å². The molecule has 1 rings (SSSR count). The minimum atomic E-state index is 0.249. The molecule has 0 atom stereocenters. The van der Waals surface area contributed by atoms with Crippen molar-refractivity contribution in [2.75, 3.05) is 33.3 Å². The van der Waals surface area contributed by atoms with Gasteiger partial charge in [0.15, 0.2) is 0 Å². The highest BCUT2D eigenvalue weighted by atomic mass is 16.2. The highest BCUT2D eigenvalue weighted by Gasteiger charge is 2.19. The summed E-state index contributed by atoms with van der Waals surface area (Å²) in [5.74, 6) is 0. The van der Waals surface area contributed by atoms with Gasteiger partial charge in [-0.15, -0.1) is 0 Å². The Labute approximate surface area is 87.0 Å². The van der Waals surface area contributed by atoms with Crippen LogP contribution in [0, 0.1) is 0 Å². The van der Waals surface area contributed by atoms with E-state index < -0.39 is 0 Å². The fraction of sp³-hybridized carbons (Fsp3) is 0.818. The molecule has 1 saturated heterocycles. The number of piperazine rings is 1. The Bertz CT molecular complexity index is 201. The van der Waals surface area contributed by atoms with Crippen LogP contribution >= 0.6 is 0 Å². The molecule has 1 aliphatic rings. The molecule has 3 heteroatoms. The third kappa shape index (κ3) is 3.00. The summed E-state index contributed by atoms with van der Waals surface area (Å²) in [7, 11) is 2.13. The lowest BCUT2D eigenvalue weighted by Crippen LogP contribution is -2.45. The first-order valence-corrected chi connectivity index (χ1v) is 5.40. The first-order chi connectivity index (χ1) is 6.65. The quantitative estimate of drug-likeness (QED) is 0.730. The standard InChI is InChI=1S/C11H22N2O/c1-10(2)13-7-6-12(3)11(9-13)5-4-8-14/h5,10,14H,4,6-9H2,1-3H3. The summed E-state index contributed by atoms with van der Waals surface area (Å²) in [5.41, 5.74) is 1.35. The molecule has 0 aromatic rings. The van der Waals surface area contributed by atoms with Crippen LogP contribution in [0.5, 0.6) is 0 Å². The maximum atomic E-state index is 8.78. The van der Waals surface area contributed by atoms with Gasteiger partial charge in [-0.2, -0.15) is 0 Å². The Kier molecular flexibility index (Phi) is 4.42. The molecule has 0 radical (unpaired) electrons. The third-order valence-electron chi connectivity index (χ3n) is 2.82. The van der Waals surface area contributed by atoms with E-state index in [9.17, 15) is 0 Å². The van der Waals surface area contributed by atoms with E-state index in [1.807, 2.05) is 0 Å². The van der Waals surface area contributed by atoms with Gasteiger partial charge < -0.3 is 10.0 Å². The Morgan fingerprint density at radius 2 is 2.14 bits per heavy atom. The van der Waals surface area contributed by atoms with Crippen LogP contribution in [0.15, 0.2) is 11.8 Å². The molecule has 1 aliphatic heterocycles. The van der Waals surface area contributed by atoms with E-state index in [1.54, 1.807) is 0 Å². The average molecular weight is 198 g/mol. The third-order valence-corrected chi connectivity index (χ3v) is 2.82. The highest BCUT2D eigenvalue weighted by molar-refractivity contribution is 5.06. The lowest BCUT2D eigenvalue weighted by molar-refractivity contribution is 0.161. The number of hydrogen-bond donors (Lipinski definition) is 1. The zero-order valence-corrected chi connectivity index (χ0v) is 9.53. The second-order valence-electron chi connectivity index (χ2n) is 4.19. The summed E-state index contributed by atoms with van der Waals surface area (Å²) >= 11 is 0. The van der Waals surface area contributed by atoms with Gasteiger partial charge in [-0.1, -0.05) is 6.08 Å². The molecule has 0 saturated carbocycles. The van der Waals surface area contributed by atoms with Crippen molar-refractivity contribution in [2.45, 2.75) is 26.3 Å². The van der Waals surface area contributed by atoms with E-state index in [-0.39, 0.29) is 6.61 Å². The molecule has 3 nitrogen and oxygen atoms in total. The summed E-state index contributed by atoms with van der Waals surface area (Å²) in [4.78, 5) is 4.75. The van der Waals surface area contributed by atoms with Gasteiger partial charge >= 0.3 is 0 Å². The molecular weight excluding hydrogens is 176 g/mol. The molecule has 0 aliphatic carbocycles. The highest BCUT2D eigenvalue weighted by Crippen LogP contribution is 2.13. The van der Waals surface area contributed by atoms with Crippen molar-refractivity contribution < 1.29 is 5.11 Å². The summed E-state index contributed by atoms with van der Waals surface area (Å²) in [6, 6.07) is 0.612. The summed E-state index contributed by atoms with van der Waals surface area (Å²) in [5, 5.41) is 8.78. The SMILES string of the molecule is CC(C)N1CCN(C)C(=CCCO)C1. The van der Waals surface area contributed by atoms with Crippen LogP contribution in [0.1, 0.15) is 20.3 Å². The Morgan fingerprint density at radius 3 is 2.71 bits per heavy atom. The summed E-state index contributed by atoms with van der Waals surface area (Å²) in [6.07, 6.45) is 2.92. The monoisotopic (exact) mass is 198 g/mol. The molecule has 0 amide bonds. The number of nitrogens with zero attached hydrogens (tertiary/aromatic N) is 2. The fourth-order valence-corrected chi connectivity index (χ4v) is 1.72. The lowest BCUT2D eigenvalue weighted by Gasteiger charge is -2.38. The molecule has 0 bridgehead atoms. The van der Waals surface area contributed by atoms with Gasteiger partial charge in [0.05, 0.1) is 0 Å². The van der Waals surface area contributed by atoms with Crippen molar-refractivity contribution in [2.24, 2.45) is 0 Å². The van der Waals surface area contributed by atoms with Crippen LogP contribution in [0.4, 0.5) is 0 Å². The van der Waals surface area contributed by atoms with Crippen LogP contribution in [-0.2, 0) is 0 Å². The molecule has 0 aromatic heterocycles. The molecule has 82 valence electrons. The van der Waals surface area contributed by atoms with Gasteiger partial charge in [0.1, 0.15) is 0 Å². The first kappa shape index (κ1) is 11.5. The van der Waals surface area contributed by atoms with Gasteiger partial charge in [-0.25, -0.2) is 0 Å². The van der Waals surface area contributed by atoms with Crippen molar-refractivity contribution in [3.63, 3.8) is 0 Å². The number of aliphatic hydroxyl groups is 1. The number of rotatable bonds is 3. The molecule has 0 unspecified atom stereocenters. The molecule has 1 N–H and O–H groups in total. The van der Waals surface area contributed by atoms with Crippen molar-refractivity contribution >= 4 is 0 Å². The van der Waals surface area contributed by atoms with Gasteiger partial charge in [0.2, 0.25) is 0 Å². The van der Waals surface area contributed by atoms with Crippen LogP contribution < -0.4 is 0 Å². The maximum absolute atomic E-state index is 8.78. The Hall–Kier alpha value is -0.540. The van der Waals surface area contributed by atoms with Crippen molar-refractivity contribution in [3.8, 4) is 0 Å². The molecule has 0 aromatic carbocycles. The lowest BCUT2D eigenvalue weighted by atomic mass is 10.2. The molecule has 0 spiro atoms. The predicted octanol–water partition coefficient (Wildman–Crippen LogP) is 0.909. The predicted molar refractivity (Wildman–Crippen MR) is 59.1 cm³/mol. The van der Waals surface area contributed by atoms with Gasteiger partial charge in [0.25, 0.3) is 0 Å². The molecule has 14 heavy (non-hydrogen) atoms. The van der Waals surface area contributed by atoms with E-state index >= 15 is 0 Å². The molecule has 1 fully saturated rings. The van der Waals surface area contributed by atoms with Gasteiger partial charge in [-0.05, 0) is 20.3 Å². The van der Waals surface area contributed by atoms with Crippen LogP contribution in [0.2, 0.25) is 0 Å². The van der Waals surface area contributed by atoms with E-state index in [0.717, 1.165) is 26.1 Å². The van der Waals surface area contributed by atoms with E-state index in [4.69, 9.17) is 5.11 Å². The van der Waals surface area contributed by atoms with E-state index in [0.29, 0.717) is 6.04 Å². The average Bonchev–Trinajstić information content (AvgIpc) is 2.16. The smallest absolute Gasteiger partial charge is 0.0466 e. The maximum Gasteiger partial charge on any atom is 0.0466 e. The Balaban J connectivity index is 2.55. The zero-order valence-electron chi connectivity index (χ0n) is 9.53.